The van der Waals surface area contributed by atoms with Gasteiger partial charge in [0.05, 0.1) is 17.4 Å². The average Bonchev–Trinajstić information content (AvgIpc) is 2.47. The third-order valence-corrected chi connectivity index (χ3v) is 4.73. The van der Waals surface area contributed by atoms with Gasteiger partial charge < -0.3 is 4.90 Å². The number of piperazine rings is 1. The van der Waals surface area contributed by atoms with Gasteiger partial charge in [0.1, 0.15) is 0 Å². The Balaban J connectivity index is 2.11. The molecule has 9 heteroatoms. The van der Waals surface area contributed by atoms with Crippen molar-refractivity contribution >= 4 is 15.7 Å². The molecule has 0 aliphatic carbocycles. The lowest BCUT2D eigenvalue weighted by Gasteiger charge is -2.34. The topological polar surface area (TPSA) is 53.5 Å². The van der Waals surface area contributed by atoms with Crippen molar-refractivity contribution in [2.75, 3.05) is 31.1 Å². The van der Waals surface area contributed by atoms with Gasteiger partial charge in [-0.2, -0.15) is 17.5 Å². The molecule has 1 aliphatic rings. The van der Waals surface area contributed by atoms with Crippen LogP contribution in [0.15, 0.2) is 30.4 Å². The molecule has 2 heterocycles. The summed E-state index contributed by atoms with van der Waals surface area (Å²) in [5.74, 6) is 0. The molecule has 0 N–H and O–H groups in total. The smallest absolute Gasteiger partial charge is 0.368 e. The van der Waals surface area contributed by atoms with Crippen molar-refractivity contribution in [3.05, 3.63) is 36.0 Å². The van der Waals surface area contributed by atoms with E-state index >= 15 is 0 Å². The summed E-state index contributed by atoms with van der Waals surface area (Å²) in [5.41, 5.74) is -0.485. The summed E-state index contributed by atoms with van der Waals surface area (Å²) in [6, 6.07) is 1.02. The minimum atomic E-state index is -4.45. The first-order valence-corrected chi connectivity index (χ1v) is 7.64. The maximum Gasteiger partial charge on any atom is 0.417 e. The fourth-order valence-corrected chi connectivity index (χ4v) is 2.95. The van der Waals surface area contributed by atoms with E-state index in [1.165, 1.54) is 10.5 Å². The van der Waals surface area contributed by atoms with E-state index in [1.807, 2.05) is 0 Å². The molecule has 1 aliphatic heterocycles. The largest absolute Gasteiger partial charge is 0.417 e. The molecule has 0 radical (unpaired) electrons. The number of aromatic nitrogens is 1. The Morgan fingerprint density at radius 3 is 2.33 bits per heavy atom. The van der Waals surface area contributed by atoms with Crippen molar-refractivity contribution in [1.29, 1.82) is 0 Å². The third-order valence-electron chi connectivity index (χ3n) is 3.23. The molecule has 21 heavy (non-hydrogen) atoms. The van der Waals surface area contributed by atoms with Gasteiger partial charge in [-0.05, 0) is 6.07 Å². The lowest BCUT2D eigenvalue weighted by atomic mass is 10.2. The van der Waals surface area contributed by atoms with Crippen LogP contribution in [0.3, 0.4) is 0 Å². The number of hydrogen-bond donors (Lipinski definition) is 0. The molecule has 5 nitrogen and oxygen atoms in total. The summed E-state index contributed by atoms with van der Waals surface area (Å²) in [5, 5.41) is 0.870. The van der Waals surface area contributed by atoms with E-state index in [0.717, 1.165) is 17.7 Å². The van der Waals surface area contributed by atoms with E-state index in [4.69, 9.17) is 0 Å². The predicted molar refractivity (Wildman–Crippen MR) is 72.1 cm³/mol. The number of sulfonamides is 1. The predicted octanol–water partition coefficient (Wildman–Crippen LogP) is 1.70. The molecule has 0 atom stereocenters. The summed E-state index contributed by atoms with van der Waals surface area (Å²) in [6.07, 6.45) is -2.34. The molecule has 0 unspecified atom stereocenters. The summed E-state index contributed by atoms with van der Waals surface area (Å²) in [6.45, 7) is 4.25. The van der Waals surface area contributed by atoms with Gasteiger partial charge in [-0.25, -0.2) is 8.42 Å². The van der Waals surface area contributed by atoms with Crippen molar-refractivity contribution in [1.82, 2.24) is 9.29 Å². The van der Waals surface area contributed by atoms with E-state index in [9.17, 15) is 21.6 Å². The van der Waals surface area contributed by atoms with Crippen molar-refractivity contribution in [3.8, 4) is 0 Å². The molecule has 0 aromatic carbocycles. The van der Waals surface area contributed by atoms with Crippen molar-refractivity contribution in [2.45, 2.75) is 6.18 Å². The van der Waals surface area contributed by atoms with E-state index in [2.05, 4.69) is 11.6 Å². The molecular formula is C12H14F3N3O2S. The number of hydrogen-bond acceptors (Lipinski definition) is 4. The lowest BCUT2D eigenvalue weighted by molar-refractivity contribution is -0.137. The molecular weight excluding hydrogens is 307 g/mol. The van der Waals surface area contributed by atoms with Crippen LogP contribution in [0.25, 0.3) is 0 Å². The maximum atomic E-state index is 12.6. The Hall–Kier alpha value is -1.61. The van der Waals surface area contributed by atoms with Crippen molar-refractivity contribution < 1.29 is 21.6 Å². The molecule has 1 aromatic heterocycles. The fourth-order valence-electron chi connectivity index (χ4n) is 2.06. The highest BCUT2D eigenvalue weighted by Gasteiger charge is 2.32. The number of rotatable bonds is 3. The summed E-state index contributed by atoms with van der Waals surface area (Å²) in [4.78, 5) is 5.28. The number of halogens is 3. The van der Waals surface area contributed by atoms with Gasteiger partial charge in [-0.15, -0.1) is 0 Å². The zero-order chi connectivity index (χ0) is 15.7. The van der Waals surface area contributed by atoms with Crippen LogP contribution in [0.1, 0.15) is 5.56 Å². The van der Waals surface area contributed by atoms with Gasteiger partial charge >= 0.3 is 6.18 Å². The molecule has 0 amide bonds. The minimum Gasteiger partial charge on any atom is -0.368 e. The lowest BCUT2D eigenvalue weighted by Crippen LogP contribution is -2.48. The number of nitrogens with zero attached hydrogens (tertiary/aromatic N) is 3. The van der Waals surface area contributed by atoms with Crippen LogP contribution < -0.4 is 4.90 Å². The minimum absolute atomic E-state index is 0.199. The van der Waals surface area contributed by atoms with E-state index in [1.54, 1.807) is 4.90 Å². The van der Waals surface area contributed by atoms with Gasteiger partial charge in [0.15, 0.2) is 0 Å². The normalized spacial score (nSPS) is 17.8. The first kappa shape index (κ1) is 15.8. The highest BCUT2D eigenvalue weighted by atomic mass is 32.2. The summed E-state index contributed by atoms with van der Waals surface area (Å²) >= 11 is 0. The van der Waals surface area contributed by atoms with Crippen LogP contribution in [0.5, 0.6) is 0 Å². The Morgan fingerprint density at radius 1 is 1.19 bits per heavy atom. The third kappa shape index (κ3) is 3.53. The Labute approximate surface area is 120 Å². The molecule has 1 saturated heterocycles. The molecule has 2 rings (SSSR count). The Bertz CT molecular complexity index is 623. The van der Waals surface area contributed by atoms with Gasteiger partial charge in [0.25, 0.3) is 0 Å². The average molecular weight is 321 g/mol. The first-order chi connectivity index (χ1) is 9.74. The van der Waals surface area contributed by atoms with Crippen LogP contribution >= 0.6 is 0 Å². The summed E-state index contributed by atoms with van der Waals surface area (Å²) < 4.78 is 62.4. The molecule has 1 fully saturated rings. The zero-order valence-electron chi connectivity index (χ0n) is 11.0. The quantitative estimate of drug-likeness (QED) is 0.850. The highest BCUT2D eigenvalue weighted by Crippen LogP contribution is 2.31. The second-order valence-corrected chi connectivity index (χ2v) is 6.41. The maximum absolute atomic E-state index is 12.6. The van der Waals surface area contributed by atoms with Gasteiger partial charge in [0, 0.05) is 37.8 Å². The SMILES string of the molecule is C=CS(=O)(=O)N1CCN(c2cncc(C(F)(F)F)c2)CC1. The van der Waals surface area contributed by atoms with E-state index in [-0.39, 0.29) is 13.1 Å². The molecule has 116 valence electrons. The Kier molecular flexibility index (Phi) is 4.24. The second-order valence-electron chi connectivity index (χ2n) is 4.53. The van der Waals surface area contributed by atoms with Crippen LogP contribution in [-0.4, -0.2) is 43.9 Å². The van der Waals surface area contributed by atoms with Crippen LogP contribution in [0.4, 0.5) is 18.9 Å². The standard InChI is InChI=1S/C12H14F3N3O2S/c1-2-21(19,20)18-5-3-17(4-6-18)11-7-10(8-16-9-11)12(13,14)15/h2,7-9H,1,3-6H2. The molecule has 0 saturated carbocycles. The summed E-state index contributed by atoms with van der Waals surface area (Å²) in [7, 11) is -3.48. The zero-order valence-corrected chi connectivity index (χ0v) is 11.9. The molecule has 0 spiro atoms. The van der Waals surface area contributed by atoms with E-state index in [0.29, 0.717) is 18.8 Å². The van der Waals surface area contributed by atoms with Gasteiger partial charge in [-0.3, -0.25) is 4.98 Å². The molecule has 0 bridgehead atoms. The number of alkyl halides is 3. The molecule has 1 aromatic rings. The number of anilines is 1. The first-order valence-electron chi connectivity index (χ1n) is 6.14. The second kappa shape index (κ2) is 5.64. The number of pyridine rings is 1. The van der Waals surface area contributed by atoms with Crippen molar-refractivity contribution in [3.63, 3.8) is 0 Å². The van der Waals surface area contributed by atoms with Crippen molar-refractivity contribution in [2.24, 2.45) is 0 Å². The van der Waals surface area contributed by atoms with Gasteiger partial charge in [-0.1, -0.05) is 6.58 Å². The highest BCUT2D eigenvalue weighted by molar-refractivity contribution is 7.92. The van der Waals surface area contributed by atoms with Crippen LogP contribution in [0, 0.1) is 0 Å². The monoisotopic (exact) mass is 321 g/mol. The Morgan fingerprint density at radius 2 is 1.81 bits per heavy atom. The van der Waals surface area contributed by atoms with Crippen LogP contribution in [0.2, 0.25) is 0 Å². The van der Waals surface area contributed by atoms with Crippen LogP contribution in [-0.2, 0) is 16.2 Å². The fraction of sp³-hybridized carbons (Fsp3) is 0.417. The van der Waals surface area contributed by atoms with E-state index < -0.39 is 21.8 Å². The van der Waals surface area contributed by atoms with Gasteiger partial charge in [0.2, 0.25) is 10.0 Å².